The molecule has 0 bridgehead atoms. The smallest absolute Gasteiger partial charge is 0.238 e. The molecule has 1 heterocycles. The maximum Gasteiger partial charge on any atom is 0.238 e. The van der Waals surface area contributed by atoms with Crippen LogP contribution >= 0.6 is 11.6 Å². The van der Waals surface area contributed by atoms with Gasteiger partial charge in [0.15, 0.2) is 23.1 Å². The van der Waals surface area contributed by atoms with E-state index >= 15 is 9.59 Å². The highest BCUT2D eigenvalue weighted by molar-refractivity contribution is 6.33. The number of ether oxygens (including phenoxy) is 1. The molecule has 51 heavy (non-hydrogen) atoms. The Morgan fingerprint density at radius 2 is 1.59 bits per heavy atom. The van der Waals surface area contributed by atoms with Crippen molar-refractivity contribution in [2.24, 2.45) is 23.7 Å². The molecule has 254 valence electrons. The maximum absolute atomic E-state index is 15.2. The third-order valence-corrected chi connectivity index (χ3v) is 11.7. The number of Topliss-reactive ketones (excluding diaryl/α,β-unsaturated/α-hetero) is 1. The summed E-state index contributed by atoms with van der Waals surface area (Å²) in [5, 5.41) is 10.8. The number of aromatic hydroxyl groups is 1. The minimum absolute atomic E-state index is 0.0249. The second-order valence-corrected chi connectivity index (χ2v) is 14.1. The molecule has 1 saturated carbocycles. The van der Waals surface area contributed by atoms with Crippen LogP contribution in [0.2, 0.25) is 5.02 Å². The Hall–Kier alpha value is -5.53. The third kappa shape index (κ3) is 4.79. The standard InChI is InChI=1S/C43H34ClNO6/c1-3-24-14-16-28(17-15-24)45-41(49)30-19-18-29-32(37(30)42(45)50)22-33-39(47)31(25-10-6-4-7-11-25)23-36(46)43(33,27-12-8-5-9-13-27)38(29)26-20-34(44)40(48)35(21-26)51-2/h3-18,20-21,23,30,32-33,37-38,48H,1,19,22H2,2H3. The lowest BCUT2D eigenvalue weighted by Gasteiger charge is -2.55. The van der Waals surface area contributed by atoms with Crippen LogP contribution in [0.3, 0.4) is 0 Å². The van der Waals surface area contributed by atoms with Gasteiger partial charge >= 0.3 is 0 Å². The Morgan fingerprint density at radius 1 is 0.902 bits per heavy atom. The zero-order valence-corrected chi connectivity index (χ0v) is 28.5. The Kier molecular flexibility index (Phi) is 7.91. The molecule has 6 atom stereocenters. The fourth-order valence-corrected chi connectivity index (χ4v) is 9.40. The fraction of sp³-hybridized carbons (Fsp3) is 0.209. The van der Waals surface area contributed by atoms with Crippen LogP contribution in [0.4, 0.5) is 5.69 Å². The number of allylic oxidation sites excluding steroid dienone is 4. The average Bonchev–Trinajstić information content (AvgIpc) is 3.42. The number of hydrogen-bond donors (Lipinski definition) is 1. The second kappa shape index (κ2) is 12.4. The minimum atomic E-state index is -1.43. The molecule has 0 spiro atoms. The van der Waals surface area contributed by atoms with Crippen LogP contribution in [0, 0.1) is 23.7 Å². The number of methoxy groups -OCH3 is 1. The number of halogens is 1. The van der Waals surface area contributed by atoms with E-state index < -0.39 is 35.0 Å². The first-order chi connectivity index (χ1) is 24.7. The van der Waals surface area contributed by atoms with Crippen LogP contribution in [0.5, 0.6) is 11.5 Å². The van der Waals surface area contributed by atoms with Gasteiger partial charge in [0, 0.05) is 17.4 Å². The van der Waals surface area contributed by atoms with Gasteiger partial charge in [0.05, 0.1) is 35.1 Å². The number of phenolic OH excluding ortho intramolecular Hbond substituents is 1. The van der Waals surface area contributed by atoms with Crippen molar-refractivity contribution in [1.82, 2.24) is 0 Å². The van der Waals surface area contributed by atoms with E-state index in [1.807, 2.05) is 78.9 Å². The van der Waals surface area contributed by atoms with Gasteiger partial charge in [-0.3, -0.25) is 24.1 Å². The quantitative estimate of drug-likeness (QED) is 0.164. The molecule has 7 nitrogen and oxygen atoms in total. The summed E-state index contributed by atoms with van der Waals surface area (Å²) in [4.78, 5) is 60.2. The molecule has 0 radical (unpaired) electrons. The van der Waals surface area contributed by atoms with Crippen LogP contribution in [-0.4, -0.2) is 35.6 Å². The van der Waals surface area contributed by atoms with Gasteiger partial charge < -0.3 is 9.84 Å². The summed E-state index contributed by atoms with van der Waals surface area (Å²) >= 11 is 6.64. The van der Waals surface area contributed by atoms with Gasteiger partial charge in [-0.1, -0.05) is 109 Å². The molecule has 8 rings (SSSR count). The number of rotatable bonds is 6. The largest absolute Gasteiger partial charge is 0.503 e. The summed E-state index contributed by atoms with van der Waals surface area (Å²) in [6.45, 7) is 3.80. The normalized spacial score (nSPS) is 26.9. The molecule has 4 aliphatic rings. The van der Waals surface area contributed by atoms with Gasteiger partial charge in [-0.25, -0.2) is 0 Å². The van der Waals surface area contributed by atoms with Gasteiger partial charge in [0.2, 0.25) is 11.8 Å². The first-order valence-electron chi connectivity index (χ1n) is 17.0. The average molecular weight is 696 g/mol. The van der Waals surface area contributed by atoms with E-state index in [0.717, 1.165) is 11.1 Å². The Bertz CT molecular complexity index is 2190. The van der Waals surface area contributed by atoms with E-state index in [1.54, 1.807) is 30.3 Å². The van der Waals surface area contributed by atoms with Crippen LogP contribution in [0.25, 0.3) is 11.6 Å². The highest BCUT2D eigenvalue weighted by Crippen LogP contribution is 2.64. The molecule has 2 amide bonds. The van der Waals surface area contributed by atoms with Gasteiger partial charge in [-0.2, -0.15) is 0 Å². The van der Waals surface area contributed by atoms with Crippen molar-refractivity contribution in [3.05, 3.63) is 149 Å². The van der Waals surface area contributed by atoms with E-state index in [0.29, 0.717) is 28.0 Å². The monoisotopic (exact) mass is 695 g/mol. The van der Waals surface area contributed by atoms with Crippen molar-refractivity contribution in [3.8, 4) is 11.5 Å². The van der Waals surface area contributed by atoms with Crippen molar-refractivity contribution in [1.29, 1.82) is 0 Å². The van der Waals surface area contributed by atoms with E-state index in [1.165, 1.54) is 18.1 Å². The summed E-state index contributed by atoms with van der Waals surface area (Å²) in [5.74, 6) is -4.81. The molecule has 1 saturated heterocycles. The van der Waals surface area contributed by atoms with Crippen molar-refractivity contribution in [2.75, 3.05) is 12.0 Å². The number of fused-ring (bicyclic) bond motifs is 4. The van der Waals surface area contributed by atoms with Gasteiger partial charge in [-0.15, -0.1) is 0 Å². The van der Waals surface area contributed by atoms with Gasteiger partial charge in [0.1, 0.15) is 0 Å². The number of hydrogen-bond acceptors (Lipinski definition) is 6. The maximum atomic E-state index is 15.2. The molecular formula is C43H34ClNO6. The molecule has 1 aliphatic heterocycles. The SMILES string of the molecule is C=Cc1ccc(N2C(=O)C3CC=C4C(CC5C(=O)C(c6ccccc6)=CC(=O)C5(c5ccccc5)C4c4cc(Cl)c(O)c(OC)c4)C3C2=O)cc1. The molecule has 4 aromatic carbocycles. The minimum Gasteiger partial charge on any atom is -0.503 e. The predicted octanol–water partition coefficient (Wildman–Crippen LogP) is 7.73. The second-order valence-electron chi connectivity index (χ2n) is 13.6. The molecule has 6 unspecified atom stereocenters. The van der Waals surface area contributed by atoms with Gasteiger partial charge in [0.25, 0.3) is 0 Å². The number of phenols is 1. The zero-order valence-electron chi connectivity index (χ0n) is 27.8. The number of benzene rings is 4. The lowest BCUT2D eigenvalue weighted by molar-refractivity contribution is -0.135. The molecule has 2 fully saturated rings. The van der Waals surface area contributed by atoms with Crippen LogP contribution in [-0.2, 0) is 24.6 Å². The van der Waals surface area contributed by atoms with Gasteiger partial charge in [-0.05, 0) is 71.4 Å². The molecule has 1 N–H and O–H groups in total. The lowest BCUT2D eigenvalue weighted by atomic mass is 9.44. The highest BCUT2D eigenvalue weighted by atomic mass is 35.5. The van der Waals surface area contributed by atoms with E-state index in [-0.39, 0.29) is 52.7 Å². The van der Waals surface area contributed by atoms with Crippen LogP contribution < -0.4 is 9.64 Å². The lowest BCUT2D eigenvalue weighted by Crippen LogP contribution is -2.58. The number of amides is 2. The Morgan fingerprint density at radius 3 is 2.25 bits per heavy atom. The molecule has 3 aliphatic carbocycles. The number of anilines is 1. The summed E-state index contributed by atoms with van der Waals surface area (Å²) in [6.07, 6.45) is 5.62. The topological polar surface area (TPSA) is 101 Å². The Labute approximate surface area is 300 Å². The number of nitrogens with zero attached hydrogens (tertiary/aromatic N) is 1. The number of carbonyl (C=O) groups is 4. The van der Waals surface area contributed by atoms with Crippen molar-refractivity contribution in [2.45, 2.75) is 24.2 Å². The summed E-state index contributed by atoms with van der Waals surface area (Å²) in [5.41, 5.74) is 2.87. The summed E-state index contributed by atoms with van der Waals surface area (Å²) in [7, 11) is 1.42. The first kappa shape index (κ1) is 32.7. The third-order valence-electron chi connectivity index (χ3n) is 11.4. The summed E-state index contributed by atoms with van der Waals surface area (Å²) in [6, 6.07) is 28.8. The summed E-state index contributed by atoms with van der Waals surface area (Å²) < 4.78 is 5.54. The number of carbonyl (C=O) groups excluding carboxylic acids is 4. The molecule has 8 heteroatoms. The fourth-order valence-electron chi connectivity index (χ4n) is 9.18. The van der Waals surface area contributed by atoms with E-state index in [4.69, 9.17) is 16.3 Å². The predicted molar refractivity (Wildman–Crippen MR) is 195 cm³/mol. The van der Waals surface area contributed by atoms with Crippen molar-refractivity contribution >= 4 is 52.3 Å². The molecular weight excluding hydrogens is 662 g/mol. The first-order valence-corrected chi connectivity index (χ1v) is 17.4. The Balaban J connectivity index is 1.37. The molecule has 0 aromatic heterocycles. The zero-order chi connectivity index (χ0) is 35.6. The highest BCUT2D eigenvalue weighted by Gasteiger charge is 2.66. The van der Waals surface area contributed by atoms with E-state index in [2.05, 4.69) is 6.58 Å². The van der Waals surface area contributed by atoms with Crippen molar-refractivity contribution < 1.29 is 29.0 Å². The van der Waals surface area contributed by atoms with E-state index in [9.17, 15) is 14.7 Å². The van der Waals surface area contributed by atoms with Crippen molar-refractivity contribution in [3.63, 3.8) is 0 Å². The van der Waals surface area contributed by atoms with Crippen LogP contribution in [0.1, 0.15) is 41.0 Å². The van der Waals surface area contributed by atoms with Crippen LogP contribution in [0.15, 0.2) is 121 Å². The molecule has 4 aromatic rings. The number of ketones is 2. The number of imide groups is 1.